The van der Waals surface area contributed by atoms with E-state index in [2.05, 4.69) is 25.4 Å². The van der Waals surface area contributed by atoms with Crippen LogP contribution in [0.25, 0.3) is 0 Å². The molecule has 0 saturated carbocycles. The lowest BCUT2D eigenvalue weighted by Gasteiger charge is -2.41. The van der Waals surface area contributed by atoms with E-state index >= 15 is 0 Å². The molecule has 268 valence electrons. The number of benzene rings is 2. The first-order valence-corrected chi connectivity index (χ1v) is 17.9. The molecule has 0 radical (unpaired) electrons. The van der Waals surface area contributed by atoms with Crippen molar-refractivity contribution >= 4 is 23.7 Å². The van der Waals surface area contributed by atoms with E-state index in [-0.39, 0.29) is 44.0 Å². The third-order valence-electron chi connectivity index (χ3n) is 10.5. The number of aliphatic hydroxyl groups is 1. The van der Waals surface area contributed by atoms with E-state index in [0.717, 1.165) is 18.4 Å². The van der Waals surface area contributed by atoms with Gasteiger partial charge in [-0.05, 0) is 50.2 Å². The predicted octanol–water partition coefficient (Wildman–Crippen LogP) is 4.53. The second kappa shape index (κ2) is 16.6. The smallest absolute Gasteiger partial charge is 0.313 e. The Hall–Kier alpha value is -4.28. The summed E-state index contributed by atoms with van der Waals surface area (Å²) in [6.07, 6.45) is 5.54. The maximum Gasteiger partial charge on any atom is 0.313 e. The number of hydrogen-bond acceptors (Lipinski definition) is 7. The van der Waals surface area contributed by atoms with Crippen molar-refractivity contribution in [2.75, 3.05) is 19.7 Å². The summed E-state index contributed by atoms with van der Waals surface area (Å²) in [6, 6.07) is 16.8. The van der Waals surface area contributed by atoms with E-state index in [1.165, 1.54) is 4.90 Å². The van der Waals surface area contributed by atoms with Crippen LogP contribution in [0.3, 0.4) is 0 Å². The van der Waals surface area contributed by atoms with Crippen molar-refractivity contribution in [3.05, 3.63) is 97.1 Å². The van der Waals surface area contributed by atoms with E-state index in [1.807, 2.05) is 67.6 Å². The molecule has 8 atom stereocenters. The van der Waals surface area contributed by atoms with Crippen LogP contribution in [0.5, 0.6) is 0 Å². The first kappa shape index (κ1) is 37.0. The number of carbonyl (C=O) groups excluding carboxylic acids is 4. The molecule has 1 unspecified atom stereocenters. The molecule has 10 heteroatoms. The van der Waals surface area contributed by atoms with Gasteiger partial charge in [-0.25, -0.2) is 0 Å². The van der Waals surface area contributed by atoms with Gasteiger partial charge in [0.15, 0.2) is 0 Å². The second-order valence-electron chi connectivity index (χ2n) is 13.7. The molecule has 0 aliphatic carbocycles. The molecule has 2 N–H and O–H groups in total. The van der Waals surface area contributed by atoms with Crippen LogP contribution >= 0.6 is 0 Å². The fourth-order valence-corrected chi connectivity index (χ4v) is 8.17. The molecule has 3 saturated heterocycles. The predicted molar refractivity (Wildman–Crippen MR) is 189 cm³/mol. The van der Waals surface area contributed by atoms with Crippen molar-refractivity contribution in [3.63, 3.8) is 0 Å². The zero-order valence-electron chi connectivity index (χ0n) is 29.2. The number of carbonyl (C=O) groups is 4. The van der Waals surface area contributed by atoms with Gasteiger partial charge >= 0.3 is 5.97 Å². The van der Waals surface area contributed by atoms with Gasteiger partial charge in [0.1, 0.15) is 17.7 Å². The number of hydrogen-bond donors (Lipinski definition) is 2. The van der Waals surface area contributed by atoms with Gasteiger partial charge in [0.25, 0.3) is 0 Å². The number of aliphatic hydroxyl groups excluding tert-OH is 1. The number of ether oxygens (including phenoxy) is 2. The van der Waals surface area contributed by atoms with Gasteiger partial charge in [0, 0.05) is 19.0 Å². The van der Waals surface area contributed by atoms with E-state index in [9.17, 15) is 24.3 Å². The molecule has 2 aromatic rings. The van der Waals surface area contributed by atoms with E-state index in [1.54, 1.807) is 17.1 Å². The van der Waals surface area contributed by atoms with Crippen molar-refractivity contribution < 1.29 is 33.8 Å². The maximum absolute atomic E-state index is 14.8. The minimum Gasteiger partial charge on any atom is -0.455 e. The zero-order chi connectivity index (χ0) is 35.8. The molecule has 3 amide bonds. The van der Waals surface area contributed by atoms with Crippen LogP contribution in [0.4, 0.5) is 0 Å². The van der Waals surface area contributed by atoms with Crippen LogP contribution in [0, 0.1) is 11.8 Å². The molecule has 3 aliphatic heterocycles. The minimum atomic E-state index is -1.26. The summed E-state index contributed by atoms with van der Waals surface area (Å²) < 4.78 is 12.9. The highest BCUT2D eigenvalue weighted by atomic mass is 16.6. The molecule has 1 spiro atoms. The van der Waals surface area contributed by atoms with Crippen LogP contribution in [-0.4, -0.2) is 88.1 Å². The van der Waals surface area contributed by atoms with E-state index in [0.29, 0.717) is 31.2 Å². The molecule has 10 nitrogen and oxygen atoms in total. The Morgan fingerprint density at radius 2 is 1.82 bits per heavy atom. The second-order valence-corrected chi connectivity index (χ2v) is 13.7. The Morgan fingerprint density at radius 3 is 2.46 bits per heavy atom. The van der Waals surface area contributed by atoms with Crippen LogP contribution in [-0.2, 0) is 35.1 Å². The number of fused-ring (bicyclic) bond motifs is 1. The van der Waals surface area contributed by atoms with Crippen LogP contribution in [0.1, 0.15) is 69.6 Å². The van der Waals surface area contributed by atoms with Crippen molar-refractivity contribution in [3.8, 4) is 0 Å². The number of allylic oxidation sites excluding steroid dienone is 1. The summed E-state index contributed by atoms with van der Waals surface area (Å²) >= 11 is 0. The highest BCUT2D eigenvalue weighted by Crippen LogP contribution is 2.59. The summed E-state index contributed by atoms with van der Waals surface area (Å²) in [7, 11) is 0. The average Bonchev–Trinajstić information content (AvgIpc) is 3.78. The van der Waals surface area contributed by atoms with Crippen LogP contribution in [0.15, 0.2) is 86.0 Å². The summed E-state index contributed by atoms with van der Waals surface area (Å²) in [6.45, 7) is 11.6. The number of nitrogens with zero attached hydrogens (tertiary/aromatic N) is 2. The lowest BCUT2D eigenvalue weighted by atomic mass is 9.70. The quantitative estimate of drug-likeness (QED) is 0.175. The Balaban J connectivity index is 1.50. The minimum absolute atomic E-state index is 0.0520. The molecular formula is C40H51N3O7. The number of amides is 3. The van der Waals surface area contributed by atoms with Crippen LogP contribution in [0.2, 0.25) is 0 Å². The first-order valence-electron chi connectivity index (χ1n) is 17.9. The Bertz CT molecular complexity index is 1520. The van der Waals surface area contributed by atoms with Crippen molar-refractivity contribution in [2.24, 2.45) is 11.8 Å². The van der Waals surface area contributed by atoms with Crippen LogP contribution < -0.4 is 5.32 Å². The molecule has 0 aromatic heterocycles. The van der Waals surface area contributed by atoms with Gasteiger partial charge in [-0.3, -0.25) is 19.2 Å². The van der Waals surface area contributed by atoms with Gasteiger partial charge < -0.3 is 29.7 Å². The van der Waals surface area contributed by atoms with Gasteiger partial charge in [-0.1, -0.05) is 86.2 Å². The SMILES string of the molecule is C=CCCC(=O)NC[C@@H](OC(=O)[C@@H]1[C@@H]2CC[C@]3(O2)[C@H](C(=O)N(CC=C)C(C)CCC)N([C@@H](CO)Cc2ccccc2)C(=O)[C@@H]13)c1ccccc1. The fourth-order valence-electron chi connectivity index (χ4n) is 8.17. The topological polar surface area (TPSA) is 125 Å². The molecule has 2 bridgehead atoms. The fraction of sp³-hybridized carbons (Fsp3) is 0.500. The highest BCUT2D eigenvalue weighted by molar-refractivity contribution is 5.98. The van der Waals surface area contributed by atoms with Gasteiger partial charge in [-0.2, -0.15) is 0 Å². The zero-order valence-corrected chi connectivity index (χ0v) is 29.2. The number of likely N-dealkylation sites (tertiary alicyclic amines) is 1. The molecular weight excluding hydrogens is 634 g/mol. The Labute approximate surface area is 295 Å². The summed E-state index contributed by atoms with van der Waals surface area (Å²) in [5.41, 5.74) is 0.341. The summed E-state index contributed by atoms with van der Waals surface area (Å²) in [5.74, 6) is -3.40. The monoisotopic (exact) mass is 685 g/mol. The van der Waals surface area contributed by atoms with Crippen molar-refractivity contribution in [2.45, 2.75) is 94.7 Å². The van der Waals surface area contributed by atoms with Gasteiger partial charge in [-0.15, -0.1) is 13.2 Å². The van der Waals surface area contributed by atoms with E-state index in [4.69, 9.17) is 9.47 Å². The summed E-state index contributed by atoms with van der Waals surface area (Å²) in [4.78, 5) is 59.7. The molecule has 3 fully saturated rings. The largest absolute Gasteiger partial charge is 0.455 e. The molecule has 3 aliphatic rings. The first-order chi connectivity index (χ1) is 24.2. The van der Waals surface area contributed by atoms with Gasteiger partial charge in [0.05, 0.1) is 37.1 Å². The molecule has 3 heterocycles. The van der Waals surface area contributed by atoms with Crippen molar-refractivity contribution in [1.29, 1.82) is 0 Å². The summed E-state index contributed by atoms with van der Waals surface area (Å²) in [5, 5.41) is 13.7. The average molecular weight is 686 g/mol. The highest BCUT2D eigenvalue weighted by Gasteiger charge is 2.75. The standard InChI is InChI=1S/C40H51N3O7/c1-5-8-20-33(45)41-25-32(29-18-13-10-14-19-29)49-39(48)34-31-21-22-40(50-31)35(34)37(46)43(30(26-44)24-28-16-11-9-12-17-28)36(40)38(47)42(23-7-3)27(4)15-6-2/h5,7,9-14,16-19,27,30-32,34-36,44H,1,3,6,8,15,20-26H2,2,4H3,(H,41,45)/t27?,30-,31+,32-,34-,35-,36+,40-/m1/s1. The number of esters is 1. The molecule has 2 aromatic carbocycles. The van der Waals surface area contributed by atoms with Crippen molar-refractivity contribution in [1.82, 2.24) is 15.1 Å². The number of nitrogens with one attached hydrogen (secondary N) is 1. The Kier molecular flexibility index (Phi) is 12.3. The Morgan fingerprint density at radius 1 is 1.12 bits per heavy atom. The normalized spacial score (nSPS) is 25.3. The van der Waals surface area contributed by atoms with E-state index < -0.39 is 53.6 Å². The third kappa shape index (κ3) is 7.42. The third-order valence-corrected chi connectivity index (χ3v) is 10.5. The lowest BCUT2D eigenvalue weighted by Crippen LogP contribution is -2.60. The maximum atomic E-state index is 14.8. The lowest BCUT2D eigenvalue weighted by molar-refractivity contribution is -0.161. The number of rotatable bonds is 18. The molecule has 5 rings (SSSR count). The van der Waals surface area contributed by atoms with Gasteiger partial charge in [0.2, 0.25) is 17.7 Å². The molecule has 50 heavy (non-hydrogen) atoms.